The van der Waals surface area contributed by atoms with Gasteiger partial charge >= 0.3 is 6.03 Å². The van der Waals surface area contributed by atoms with Gasteiger partial charge in [-0.05, 0) is 36.6 Å². The molecule has 2 amide bonds. The third-order valence-corrected chi connectivity index (χ3v) is 4.37. The summed E-state index contributed by atoms with van der Waals surface area (Å²) in [6, 6.07) is 9.50. The Morgan fingerprint density at radius 1 is 1.30 bits per heavy atom. The third-order valence-electron chi connectivity index (χ3n) is 4.37. The summed E-state index contributed by atoms with van der Waals surface area (Å²) in [5.74, 6) is 0. The fraction of sp³-hybridized carbons (Fsp3) is 0.412. The number of hydrogen-bond donors (Lipinski definition) is 3. The molecule has 3 N–H and O–H groups in total. The molecule has 0 aliphatic heterocycles. The van der Waals surface area contributed by atoms with Crippen LogP contribution >= 0.6 is 0 Å². The number of urea groups is 1. The lowest BCUT2D eigenvalue weighted by Gasteiger charge is -2.28. The van der Waals surface area contributed by atoms with Gasteiger partial charge in [0.1, 0.15) is 0 Å². The summed E-state index contributed by atoms with van der Waals surface area (Å²) in [7, 11) is 0. The minimum absolute atomic E-state index is 0.00476. The molecule has 3 rings (SSSR count). The number of aliphatic hydroxyl groups is 1. The fourth-order valence-electron chi connectivity index (χ4n) is 3.07. The van der Waals surface area contributed by atoms with E-state index in [2.05, 4.69) is 15.7 Å². The molecule has 0 spiro atoms. The predicted octanol–water partition coefficient (Wildman–Crippen LogP) is 1.98. The Balaban J connectivity index is 1.58. The van der Waals surface area contributed by atoms with E-state index in [0.717, 1.165) is 36.9 Å². The van der Waals surface area contributed by atoms with Gasteiger partial charge in [-0.1, -0.05) is 25.0 Å². The Morgan fingerprint density at radius 2 is 2.13 bits per heavy atom. The Bertz CT molecular complexity index is 648. The minimum atomic E-state index is -0.443. The zero-order valence-electron chi connectivity index (χ0n) is 13.0. The van der Waals surface area contributed by atoms with E-state index in [1.807, 2.05) is 36.5 Å². The molecule has 1 aliphatic carbocycles. The first-order valence-corrected chi connectivity index (χ1v) is 7.97. The van der Waals surface area contributed by atoms with Crippen molar-refractivity contribution in [1.82, 2.24) is 20.4 Å². The lowest BCUT2D eigenvalue weighted by molar-refractivity contribution is 0.163. The molecule has 1 aromatic carbocycles. The largest absolute Gasteiger partial charge is 0.394 e. The molecule has 0 saturated heterocycles. The van der Waals surface area contributed by atoms with E-state index < -0.39 is 5.54 Å². The number of aromatic nitrogens is 2. The third kappa shape index (κ3) is 3.71. The molecule has 1 heterocycles. The summed E-state index contributed by atoms with van der Waals surface area (Å²) in [5, 5.41) is 19.5. The lowest BCUT2D eigenvalue weighted by atomic mass is 9.99. The topological polar surface area (TPSA) is 79.2 Å². The van der Waals surface area contributed by atoms with Crippen LogP contribution in [0.5, 0.6) is 0 Å². The van der Waals surface area contributed by atoms with Gasteiger partial charge in [-0.2, -0.15) is 5.10 Å². The highest BCUT2D eigenvalue weighted by atomic mass is 16.3. The van der Waals surface area contributed by atoms with Crippen LogP contribution in [-0.4, -0.2) is 33.1 Å². The second-order valence-corrected chi connectivity index (χ2v) is 6.07. The first-order valence-electron chi connectivity index (χ1n) is 7.97. The number of benzene rings is 1. The molecule has 0 atom stereocenters. The number of carbonyl (C=O) groups is 1. The molecule has 1 aliphatic rings. The Morgan fingerprint density at radius 3 is 2.83 bits per heavy atom. The Kier molecular flexibility index (Phi) is 4.62. The highest BCUT2D eigenvalue weighted by Gasteiger charge is 2.34. The predicted molar refractivity (Wildman–Crippen MR) is 87.2 cm³/mol. The second kappa shape index (κ2) is 6.83. The summed E-state index contributed by atoms with van der Waals surface area (Å²) in [6.45, 7) is 0.428. The van der Waals surface area contributed by atoms with Gasteiger partial charge in [0.25, 0.3) is 0 Å². The Labute approximate surface area is 135 Å². The van der Waals surface area contributed by atoms with Gasteiger partial charge in [0.15, 0.2) is 0 Å². The molecule has 2 aromatic rings. The van der Waals surface area contributed by atoms with Crippen LogP contribution in [0.2, 0.25) is 0 Å². The van der Waals surface area contributed by atoms with Crippen molar-refractivity contribution in [1.29, 1.82) is 0 Å². The molecule has 0 radical (unpaired) electrons. The summed E-state index contributed by atoms with van der Waals surface area (Å²) in [5.41, 5.74) is 1.51. The molecular weight excluding hydrogens is 292 g/mol. The van der Waals surface area contributed by atoms with Gasteiger partial charge in [0, 0.05) is 18.9 Å². The average Bonchev–Trinajstić information content (AvgIpc) is 3.25. The molecule has 0 unspecified atom stereocenters. The quantitative estimate of drug-likeness (QED) is 0.789. The normalized spacial score (nSPS) is 16.2. The van der Waals surface area contributed by atoms with E-state index >= 15 is 0 Å². The first kappa shape index (κ1) is 15.6. The second-order valence-electron chi connectivity index (χ2n) is 6.07. The average molecular weight is 314 g/mol. The maximum absolute atomic E-state index is 12.1. The lowest BCUT2D eigenvalue weighted by Crippen LogP contribution is -2.52. The number of amides is 2. The van der Waals surface area contributed by atoms with Crippen molar-refractivity contribution < 1.29 is 9.90 Å². The molecule has 1 fully saturated rings. The van der Waals surface area contributed by atoms with Crippen molar-refractivity contribution in [3.8, 4) is 5.69 Å². The van der Waals surface area contributed by atoms with Crippen molar-refractivity contribution >= 4 is 6.03 Å². The molecule has 1 aromatic heterocycles. The molecule has 0 bridgehead atoms. The smallest absolute Gasteiger partial charge is 0.315 e. The van der Waals surface area contributed by atoms with E-state index in [1.54, 1.807) is 10.9 Å². The highest BCUT2D eigenvalue weighted by molar-refractivity contribution is 5.74. The number of hydrogen-bond acceptors (Lipinski definition) is 3. The molecule has 122 valence electrons. The standard InChI is InChI=1S/C17H22N4O2/c22-13-17(7-1-2-8-17)20-16(23)18-12-14-5-3-6-15(11-14)21-10-4-9-19-21/h3-6,9-11,22H,1-2,7-8,12-13H2,(H2,18,20,23). The molecule has 6 nitrogen and oxygen atoms in total. The van der Waals surface area contributed by atoms with Gasteiger partial charge in [-0.25, -0.2) is 9.48 Å². The van der Waals surface area contributed by atoms with Crippen LogP contribution in [0, 0.1) is 0 Å². The van der Waals surface area contributed by atoms with Gasteiger partial charge in [-0.3, -0.25) is 0 Å². The zero-order valence-corrected chi connectivity index (χ0v) is 13.0. The molecular formula is C17H22N4O2. The summed E-state index contributed by atoms with van der Waals surface area (Å²) < 4.78 is 1.78. The van der Waals surface area contributed by atoms with E-state index in [1.165, 1.54) is 0 Å². The zero-order chi connectivity index (χ0) is 16.1. The highest BCUT2D eigenvalue weighted by Crippen LogP contribution is 2.28. The van der Waals surface area contributed by atoms with Crippen molar-refractivity contribution in [3.05, 3.63) is 48.3 Å². The number of nitrogens with zero attached hydrogens (tertiary/aromatic N) is 2. The van der Waals surface area contributed by atoms with Crippen LogP contribution in [0.4, 0.5) is 4.79 Å². The number of rotatable bonds is 5. The van der Waals surface area contributed by atoms with Gasteiger partial charge in [-0.15, -0.1) is 0 Å². The number of nitrogens with one attached hydrogen (secondary N) is 2. The van der Waals surface area contributed by atoms with E-state index in [-0.39, 0.29) is 12.6 Å². The summed E-state index contributed by atoms with van der Waals surface area (Å²) >= 11 is 0. The first-order chi connectivity index (χ1) is 11.2. The van der Waals surface area contributed by atoms with E-state index in [0.29, 0.717) is 6.54 Å². The monoisotopic (exact) mass is 314 g/mol. The van der Waals surface area contributed by atoms with Crippen LogP contribution in [-0.2, 0) is 6.54 Å². The van der Waals surface area contributed by atoms with Crippen LogP contribution in [0.15, 0.2) is 42.7 Å². The SMILES string of the molecule is O=C(NCc1cccc(-n2cccn2)c1)NC1(CO)CCCC1. The summed E-state index contributed by atoms with van der Waals surface area (Å²) in [4.78, 5) is 12.1. The van der Waals surface area contributed by atoms with Crippen LogP contribution in [0.1, 0.15) is 31.2 Å². The number of carbonyl (C=O) groups excluding carboxylic acids is 1. The molecule has 6 heteroatoms. The van der Waals surface area contributed by atoms with Crippen molar-refractivity contribution in [2.45, 2.75) is 37.8 Å². The van der Waals surface area contributed by atoms with Crippen LogP contribution in [0.3, 0.4) is 0 Å². The van der Waals surface area contributed by atoms with Gasteiger partial charge < -0.3 is 15.7 Å². The van der Waals surface area contributed by atoms with Crippen molar-refractivity contribution in [3.63, 3.8) is 0 Å². The van der Waals surface area contributed by atoms with Gasteiger partial charge in [0.05, 0.1) is 17.8 Å². The minimum Gasteiger partial charge on any atom is -0.394 e. The maximum atomic E-state index is 12.1. The van der Waals surface area contributed by atoms with Gasteiger partial charge in [0.2, 0.25) is 0 Å². The maximum Gasteiger partial charge on any atom is 0.315 e. The van der Waals surface area contributed by atoms with Crippen molar-refractivity contribution in [2.24, 2.45) is 0 Å². The van der Waals surface area contributed by atoms with Crippen LogP contribution < -0.4 is 10.6 Å². The van der Waals surface area contributed by atoms with Crippen LogP contribution in [0.25, 0.3) is 5.69 Å². The molecule has 1 saturated carbocycles. The van der Waals surface area contributed by atoms with E-state index in [4.69, 9.17) is 0 Å². The molecule has 23 heavy (non-hydrogen) atoms. The summed E-state index contributed by atoms with van der Waals surface area (Å²) in [6.07, 6.45) is 7.38. The Hall–Kier alpha value is -2.34. The fourth-order valence-corrected chi connectivity index (χ4v) is 3.07. The van der Waals surface area contributed by atoms with Crippen molar-refractivity contribution in [2.75, 3.05) is 6.61 Å². The number of aliphatic hydroxyl groups excluding tert-OH is 1. The van der Waals surface area contributed by atoms with E-state index in [9.17, 15) is 9.90 Å².